The van der Waals surface area contributed by atoms with Crippen LogP contribution in [0.1, 0.15) is 33.6 Å². The first-order chi connectivity index (χ1) is 8.69. The van der Waals surface area contributed by atoms with E-state index in [-0.39, 0.29) is 12.3 Å². The van der Waals surface area contributed by atoms with E-state index in [1.807, 2.05) is 0 Å². The van der Waals surface area contributed by atoms with E-state index in [2.05, 4.69) is 10.6 Å². The zero-order chi connectivity index (χ0) is 14.6. The number of carbonyl (C=O) groups excluding carboxylic acids is 1. The number of ether oxygens (including phenoxy) is 1. The van der Waals surface area contributed by atoms with Crippen LogP contribution in [0.25, 0.3) is 0 Å². The van der Waals surface area contributed by atoms with Crippen LogP contribution >= 0.6 is 12.2 Å². The van der Waals surface area contributed by atoms with Crippen LogP contribution in [0.4, 0.5) is 4.79 Å². The molecular weight excluding hydrogens is 268 g/mol. The molecule has 6 nitrogen and oxygen atoms in total. The van der Waals surface area contributed by atoms with Crippen molar-refractivity contribution in [2.75, 3.05) is 6.54 Å². The number of carboxylic acid groups (broad SMARTS) is 1. The third-order valence-corrected chi connectivity index (χ3v) is 3.15. The predicted molar refractivity (Wildman–Crippen MR) is 74.1 cm³/mol. The van der Waals surface area contributed by atoms with Gasteiger partial charge in [0.1, 0.15) is 11.6 Å². The van der Waals surface area contributed by atoms with Gasteiger partial charge in [0.05, 0.1) is 4.99 Å². The average molecular weight is 288 g/mol. The summed E-state index contributed by atoms with van der Waals surface area (Å²) < 4.78 is 5.05. The summed E-state index contributed by atoms with van der Waals surface area (Å²) in [5.41, 5.74) is -0.655. The van der Waals surface area contributed by atoms with Gasteiger partial charge < -0.3 is 20.5 Å². The number of rotatable bonds is 4. The van der Waals surface area contributed by atoms with Crippen molar-refractivity contribution in [2.45, 2.75) is 45.3 Å². The quantitative estimate of drug-likeness (QED) is 0.676. The molecule has 0 aromatic carbocycles. The minimum atomic E-state index is -1.08. The topological polar surface area (TPSA) is 87.7 Å². The number of amides is 1. The summed E-state index contributed by atoms with van der Waals surface area (Å²) in [6.07, 6.45) is 0.343. The molecule has 0 saturated carbocycles. The van der Waals surface area contributed by atoms with Crippen molar-refractivity contribution in [1.29, 1.82) is 0 Å². The lowest BCUT2D eigenvalue weighted by Gasteiger charge is -2.23. The van der Waals surface area contributed by atoms with Gasteiger partial charge in [-0.25, -0.2) is 9.59 Å². The van der Waals surface area contributed by atoms with Crippen molar-refractivity contribution in [3.8, 4) is 0 Å². The van der Waals surface area contributed by atoms with Gasteiger partial charge in [0.25, 0.3) is 0 Å². The maximum Gasteiger partial charge on any atom is 0.408 e. The number of carboxylic acids is 1. The smallest absolute Gasteiger partial charge is 0.408 e. The van der Waals surface area contributed by atoms with Crippen molar-refractivity contribution in [2.24, 2.45) is 5.92 Å². The fourth-order valence-corrected chi connectivity index (χ4v) is 2.14. The zero-order valence-corrected chi connectivity index (χ0v) is 12.2. The van der Waals surface area contributed by atoms with E-state index in [0.717, 1.165) is 13.0 Å². The van der Waals surface area contributed by atoms with Crippen molar-refractivity contribution in [1.82, 2.24) is 10.6 Å². The van der Waals surface area contributed by atoms with E-state index in [0.29, 0.717) is 4.99 Å². The summed E-state index contributed by atoms with van der Waals surface area (Å²) in [5, 5.41) is 14.5. The molecule has 0 aromatic heterocycles. The Morgan fingerprint density at radius 3 is 2.63 bits per heavy atom. The largest absolute Gasteiger partial charge is 0.480 e. The standard InChI is InChI=1S/C12H20N2O4S/c1-12(2,3)18-11(17)14-8(10(15)16)6-7-4-5-13-9(7)19/h7-8H,4-6H2,1-3H3,(H,13,19)(H,14,17)(H,15,16)/t7-,8-/m0/s1. The molecule has 0 aliphatic carbocycles. The SMILES string of the molecule is CC(C)(C)OC(=O)N[C@@H](C[C@@H]1CCNC1=S)C(=O)O. The third kappa shape index (κ3) is 5.42. The van der Waals surface area contributed by atoms with Crippen molar-refractivity contribution < 1.29 is 19.4 Å². The number of thiocarbonyl (C=S) groups is 1. The first-order valence-electron chi connectivity index (χ1n) is 6.19. The van der Waals surface area contributed by atoms with E-state index in [9.17, 15) is 9.59 Å². The number of aliphatic carboxylic acids is 1. The minimum absolute atomic E-state index is 0.00830. The van der Waals surface area contributed by atoms with Gasteiger partial charge in [0, 0.05) is 12.5 Å². The van der Waals surface area contributed by atoms with Crippen LogP contribution in [0, 0.1) is 5.92 Å². The number of carbonyl (C=O) groups is 2. The minimum Gasteiger partial charge on any atom is -0.480 e. The summed E-state index contributed by atoms with van der Waals surface area (Å²) in [6, 6.07) is -0.988. The Hall–Kier alpha value is -1.37. The van der Waals surface area contributed by atoms with E-state index in [1.54, 1.807) is 20.8 Å². The molecule has 1 saturated heterocycles. The summed E-state index contributed by atoms with van der Waals surface area (Å²) >= 11 is 5.10. The molecule has 2 atom stereocenters. The summed E-state index contributed by atoms with van der Waals surface area (Å²) in [6.45, 7) is 5.91. The highest BCUT2D eigenvalue weighted by Crippen LogP contribution is 2.18. The molecule has 0 bridgehead atoms. The van der Waals surface area contributed by atoms with Crippen LogP contribution < -0.4 is 10.6 Å². The number of alkyl carbamates (subject to hydrolysis) is 1. The van der Waals surface area contributed by atoms with Gasteiger partial charge in [-0.05, 0) is 33.6 Å². The summed E-state index contributed by atoms with van der Waals surface area (Å²) in [5.74, 6) is -1.09. The van der Waals surface area contributed by atoms with E-state index < -0.39 is 23.7 Å². The fraction of sp³-hybridized carbons (Fsp3) is 0.750. The monoisotopic (exact) mass is 288 g/mol. The lowest BCUT2D eigenvalue weighted by atomic mass is 9.99. The Bertz CT molecular complexity index is 378. The maximum absolute atomic E-state index is 11.6. The lowest BCUT2D eigenvalue weighted by Crippen LogP contribution is -2.44. The molecule has 0 aromatic rings. The van der Waals surface area contributed by atoms with Crippen molar-refractivity contribution in [3.05, 3.63) is 0 Å². The first kappa shape index (κ1) is 15.7. The molecule has 7 heteroatoms. The highest BCUT2D eigenvalue weighted by molar-refractivity contribution is 7.80. The Labute approximate surface area is 117 Å². The molecule has 1 rings (SSSR count). The molecule has 1 heterocycles. The van der Waals surface area contributed by atoms with Crippen LogP contribution in [0.5, 0.6) is 0 Å². The summed E-state index contributed by atoms with van der Waals surface area (Å²) in [7, 11) is 0. The Morgan fingerprint density at radius 1 is 1.58 bits per heavy atom. The Balaban J connectivity index is 2.56. The maximum atomic E-state index is 11.6. The molecule has 1 aliphatic heterocycles. The van der Waals surface area contributed by atoms with Gasteiger partial charge in [0.2, 0.25) is 0 Å². The van der Waals surface area contributed by atoms with Gasteiger partial charge in [-0.1, -0.05) is 12.2 Å². The Morgan fingerprint density at radius 2 is 2.21 bits per heavy atom. The number of hydrogen-bond donors (Lipinski definition) is 3. The van der Waals surface area contributed by atoms with E-state index >= 15 is 0 Å². The number of hydrogen-bond acceptors (Lipinski definition) is 4. The van der Waals surface area contributed by atoms with E-state index in [4.69, 9.17) is 22.1 Å². The second kappa shape index (κ2) is 6.18. The normalized spacial score (nSPS) is 20.6. The average Bonchev–Trinajstić information content (AvgIpc) is 2.60. The molecule has 108 valence electrons. The molecule has 0 radical (unpaired) electrons. The molecule has 1 aliphatic rings. The molecular formula is C12H20N2O4S. The van der Waals surface area contributed by atoms with Crippen LogP contribution in [-0.2, 0) is 9.53 Å². The van der Waals surface area contributed by atoms with Crippen LogP contribution in [0.2, 0.25) is 0 Å². The number of nitrogens with one attached hydrogen (secondary N) is 2. The fourth-order valence-electron chi connectivity index (χ4n) is 1.83. The van der Waals surface area contributed by atoms with Crippen molar-refractivity contribution in [3.63, 3.8) is 0 Å². The second-order valence-corrected chi connectivity index (χ2v) is 5.99. The highest BCUT2D eigenvalue weighted by atomic mass is 32.1. The molecule has 19 heavy (non-hydrogen) atoms. The van der Waals surface area contributed by atoms with Gasteiger partial charge >= 0.3 is 12.1 Å². The van der Waals surface area contributed by atoms with Gasteiger partial charge in [0.15, 0.2) is 0 Å². The van der Waals surface area contributed by atoms with Gasteiger partial charge in [-0.3, -0.25) is 0 Å². The third-order valence-electron chi connectivity index (χ3n) is 2.67. The molecule has 1 amide bonds. The van der Waals surface area contributed by atoms with E-state index in [1.165, 1.54) is 0 Å². The highest BCUT2D eigenvalue weighted by Gasteiger charge is 2.30. The van der Waals surface area contributed by atoms with Gasteiger partial charge in [-0.15, -0.1) is 0 Å². The molecule has 1 fully saturated rings. The van der Waals surface area contributed by atoms with Crippen LogP contribution in [-0.4, -0.2) is 40.3 Å². The Kier molecular flexibility index (Phi) is 5.11. The molecule has 0 unspecified atom stereocenters. The van der Waals surface area contributed by atoms with Crippen LogP contribution in [0.15, 0.2) is 0 Å². The molecule has 3 N–H and O–H groups in total. The second-order valence-electron chi connectivity index (χ2n) is 5.55. The first-order valence-corrected chi connectivity index (χ1v) is 6.60. The summed E-state index contributed by atoms with van der Waals surface area (Å²) in [4.78, 5) is 23.4. The zero-order valence-electron chi connectivity index (χ0n) is 11.4. The van der Waals surface area contributed by atoms with Crippen LogP contribution in [0.3, 0.4) is 0 Å². The van der Waals surface area contributed by atoms with Crippen molar-refractivity contribution >= 4 is 29.3 Å². The molecule has 0 spiro atoms. The van der Waals surface area contributed by atoms with Gasteiger partial charge in [-0.2, -0.15) is 0 Å². The predicted octanol–water partition coefficient (Wildman–Crippen LogP) is 1.29. The lowest BCUT2D eigenvalue weighted by molar-refractivity contribution is -0.139.